The minimum Gasteiger partial charge on any atom is -0.361 e. The monoisotopic (exact) mass is 420 g/mol. The van der Waals surface area contributed by atoms with Crippen molar-refractivity contribution in [1.82, 2.24) is 15.3 Å². The topological polar surface area (TPSA) is 118 Å². The van der Waals surface area contributed by atoms with E-state index in [1.54, 1.807) is 30.5 Å². The Bertz CT molecular complexity index is 1290. The highest BCUT2D eigenvalue weighted by atomic mass is 32.2. The van der Waals surface area contributed by atoms with Crippen LogP contribution in [0.4, 0.5) is 0 Å². The Kier molecular flexibility index (Phi) is 5.35. The largest absolute Gasteiger partial charge is 0.361 e. The fourth-order valence-corrected chi connectivity index (χ4v) is 3.78. The van der Waals surface area contributed by atoms with Crippen molar-refractivity contribution >= 4 is 26.8 Å². The second-order valence-corrected chi connectivity index (χ2v) is 8.43. The Morgan fingerprint density at radius 3 is 2.43 bits per heavy atom. The van der Waals surface area contributed by atoms with Crippen LogP contribution < -0.4 is 10.5 Å². The molecule has 0 aliphatic carbocycles. The van der Waals surface area contributed by atoms with E-state index in [1.807, 2.05) is 30.5 Å². The molecule has 152 valence electrons. The lowest BCUT2D eigenvalue weighted by Gasteiger charge is -2.07. The van der Waals surface area contributed by atoms with Crippen molar-refractivity contribution in [2.45, 2.75) is 11.3 Å². The van der Waals surface area contributed by atoms with Crippen LogP contribution in [0.3, 0.4) is 0 Å². The number of nitrogens with one attached hydrogen (secondary N) is 2. The molecule has 0 aliphatic heterocycles. The second-order valence-electron chi connectivity index (χ2n) is 6.87. The predicted molar refractivity (Wildman–Crippen MR) is 115 cm³/mol. The van der Waals surface area contributed by atoms with Crippen molar-refractivity contribution in [1.29, 1.82) is 0 Å². The first-order valence-electron chi connectivity index (χ1n) is 9.34. The first-order chi connectivity index (χ1) is 14.4. The molecular weight excluding hydrogens is 400 g/mol. The highest BCUT2D eigenvalue weighted by Gasteiger charge is 2.10. The average Bonchev–Trinajstić information content (AvgIpc) is 3.22. The van der Waals surface area contributed by atoms with Gasteiger partial charge in [0, 0.05) is 41.0 Å². The number of carbonyl (C=O) groups excluding carboxylic acids is 1. The van der Waals surface area contributed by atoms with E-state index in [4.69, 9.17) is 5.14 Å². The highest BCUT2D eigenvalue weighted by Crippen LogP contribution is 2.25. The molecular formula is C22H20N4O3S. The Balaban J connectivity index is 1.38. The average molecular weight is 420 g/mol. The van der Waals surface area contributed by atoms with E-state index in [0.29, 0.717) is 18.5 Å². The number of rotatable bonds is 6. The van der Waals surface area contributed by atoms with E-state index in [1.165, 1.54) is 12.1 Å². The van der Waals surface area contributed by atoms with Gasteiger partial charge in [-0.15, -0.1) is 0 Å². The normalized spacial score (nSPS) is 11.5. The molecule has 4 aromatic rings. The summed E-state index contributed by atoms with van der Waals surface area (Å²) in [5, 5.41) is 9.00. The van der Waals surface area contributed by atoms with Gasteiger partial charge in [-0.25, -0.2) is 13.6 Å². The number of hydrogen-bond acceptors (Lipinski definition) is 4. The van der Waals surface area contributed by atoms with Crippen LogP contribution in [0.5, 0.6) is 0 Å². The maximum absolute atomic E-state index is 12.4. The zero-order valence-corrected chi connectivity index (χ0v) is 16.8. The lowest BCUT2D eigenvalue weighted by molar-refractivity contribution is 0.0954. The van der Waals surface area contributed by atoms with Crippen LogP contribution >= 0.6 is 0 Å². The van der Waals surface area contributed by atoms with Crippen LogP contribution in [0.25, 0.3) is 22.2 Å². The number of H-pyrrole nitrogens is 1. The Morgan fingerprint density at radius 1 is 1.00 bits per heavy atom. The summed E-state index contributed by atoms with van der Waals surface area (Å²) in [4.78, 5) is 20.1. The Labute approximate surface area is 174 Å². The number of benzene rings is 2. The van der Waals surface area contributed by atoms with Crippen LogP contribution in [-0.4, -0.2) is 30.8 Å². The molecule has 4 N–H and O–H groups in total. The fraction of sp³-hybridized carbons (Fsp3) is 0.0909. The van der Waals surface area contributed by atoms with Gasteiger partial charge in [-0.05, 0) is 48.4 Å². The number of nitrogens with zero attached hydrogens (tertiary/aromatic N) is 1. The molecule has 30 heavy (non-hydrogen) atoms. The fourth-order valence-electron chi connectivity index (χ4n) is 3.26. The summed E-state index contributed by atoms with van der Waals surface area (Å²) in [6.07, 6.45) is 4.21. The van der Waals surface area contributed by atoms with Gasteiger partial charge in [0.05, 0.1) is 10.6 Å². The molecule has 0 atom stereocenters. The van der Waals surface area contributed by atoms with Crippen molar-refractivity contribution in [3.63, 3.8) is 0 Å². The zero-order chi connectivity index (χ0) is 21.1. The lowest BCUT2D eigenvalue weighted by Crippen LogP contribution is -2.25. The molecule has 7 nitrogen and oxygen atoms in total. The summed E-state index contributed by atoms with van der Waals surface area (Å²) in [7, 11) is -3.70. The van der Waals surface area contributed by atoms with E-state index < -0.39 is 10.0 Å². The van der Waals surface area contributed by atoms with Gasteiger partial charge in [-0.2, -0.15) is 0 Å². The Morgan fingerprint density at radius 2 is 1.73 bits per heavy atom. The van der Waals surface area contributed by atoms with Gasteiger partial charge >= 0.3 is 0 Å². The molecule has 0 unspecified atom stereocenters. The SMILES string of the molecule is NS(=O)(=O)c1ccc(CCNC(=O)c2ccc(-c3nccc4[nH]ccc34)cc2)cc1. The molecule has 4 rings (SSSR count). The summed E-state index contributed by atoms with van der Waals surface area (Å²) in [6.45, 7) is 0.430. The third kappa shape index (κ3) is 4.24. The van der Waals surface area contributed by atoms with Gasteiger partial charge in [-0.1, -0.05) is 24.3 Å². The number of nitrogens with two attached hydrogens (primary N) is 1. The molecule has 2 aromatic heterocycles. The summed E-state index contributed by atoms with van der Waals surface area (Å²) in [6, 6.07) is 17.5. The van der Waals surface area contributed by atoms with Gasteiger partial charge < -0.3 is 10.3 Å². The summed E-state index contributed by atoms with van der Waals surface area (Å²) in [5.41, 5.74) is 4.28. The third-order valence-electron chi connectivity index (χ3n) is 4.85. The molecule has 0 saturated heterocycles. The lowest BCUT2D eigenvalue weighted by atomic mass is 10.1. The molecule has 0 fully saturated rings. The predicted octanol–water partition coefficient (Wildman–Crippen LogP) is 2.85. The maximum atomic E-state index is 12.4. The second kappa shape index (κ2) is 8.10. The molecule has 0 aliphatic rings. The number of aromatic amines is 1. The number of aromatic nitrogens is 2. The first kappa shape index (κ1) is 19.8. The third-order valence-corrected chi connectivity index (χ3v) is 5.78. The van der Waals surface area contributed by atoms with Gasteiger partial charge in [0.2, 0.25) is 10.0 Å². The van der Waals surface area contributed by atoms with E-state index >= 15 is 0 Å². The number of carbonyl (C=O) groups is 1. The Hall–Kier alpha value is -3.49. The molecule has 0 saturated carbocycles. The van der Waals surface area contributed by atoms with Crippen LogP contribution in [0, 0.1) is 0 Å². The minimum atomic E-state index is -3.70. The molecule has 0 radical (unpaired) electrons. The minimum absolute atomic E-state index is 0.0696. The van der Waals surface area contributed by atoms with Crippen molar-refractivity contribution in [2.24, 2.45) is 5.14 Å². The van der Waals surface area contributed by atoms with E-state index in [2.05, 4.69) is 15.3 Å². The van der Waals surface area contributed by atoms with Crippen LogP contribution in [-0.2, 0) is 16.4 Å². The van der Waals surface area contributed by atoms with Crippen molar-refractivity contribution in [3.05, 3.63) is 84.2 Å². The van der Waals surface area contributed by atoms with Crippen LogP contribution in [0.1, 0.15) is 15.9 Å². The van der Waals surface area contributed by atoms with E-state index in [9.17, 15) is 13.2 Å². The van der Waals surface area contributed by atoms with E-state index in [-0.39, 0.29) is 10.8 Å². The summed E-state index contributed by atoms with van der Waals surface area (Å²) >= 11 is 0. The van der Waals surface area contributed by atoms with Gasteiger partial charge in [0.25, 0.3) is 5.91 Å². The molecule has 1 amide bonds. The van der Waals surface area contributed by atoms with Gasteiger partial charge in [0.1, 0.15) is 0 Å². The van der Waals surface area contributed by atoms with Crippen LogP contribution in [0.2, 0.25) is 0 Å². The zero-order valence-electron chi connectivity index (χ0n) is 16.0. The number of hydrogen-bond donors (Lipinski definition) is 3. The summed E-state index contributed by atoms with van der Waals surface area (Å²) < 4.78 is 22.6. The van der Waals surface area contributed by atoms with Crippen molar-refractivity contribution in [2.75, 3.05) is 6.54 Å². The first-order valence-corrected chi connectivity index (χ1v) is 10.9. The van der Waals surface area contributed by atoms with Crippen molar-refractivity contribution in [3.8, 4) is 11.3 Å². The molecule has 2 heterocycles. The number of fused-ring (bicyclic) bond motifs is 1. The van der Waals surface area contributed by atoms with E-state index in [0.717, 1.165) is 27.7 Å². The van der Waals surface area contributed by atoms with Crippen molar-refractivity contribution < 1.29 is 13.2 Å². The smallest absolute Gasteiger partial charge is 0.251 e. The molecule has 0 bridgehead atoms. The molecule has 8 heteroatoms. The van der Waals surface area contributed by atoms with Gasteiger partial charge in [0.15, 0.2) is 0 Å². The summed E-state index contributed by atoms with van der Waals surface area (Å²) in [5.74, 6) is -0.171. The standard InChI is InChI=1S/C22H20N4O3S/c23-30(28,29)18-7-1-15(2-8-18)9-12-26-22(27)17-5-3-16(4-6-17)21-19-10-13-24-20(19)11-14-25-21/h1-8,10-11,13-14,24H,9,12H2,(H,26,27)(H2,23,28,29). The number of amides is 1. The maximum Gasteiger partial charge on any atom is 0.251 e. The quantitative estimate of drug-likeness (QED) is 0.444. The van der Waals surface area contributed by atoms with Gasteiger partial charge in [-0.3, -0.25) is 9.78 Å². The number of pyridine rings is 1. The number of primary sulfonamides is 1. The highest BCUT2D eigenvalue weighted by molar-refractivity contribution is 7.89. The number of sulfonamides is 1. The molecule has 0 spiro atoms. The molecule has 2 aromatic carbocycles. The van der Waals surface area contributed by atoms with Crippen LogP contribution in [0.15, 0.2) is 78.0 Å².